The second-order valence-electron chi connectivity index (χ2n) is 5.54. The van der Waals surface area contributed by atoms with E-state index in [9.17, 15) is 0 Å². The Morgan fingerprint density at radius 2 is 2.06 bits per heavy atom. The van der Waals surface area contributed by atoms with Gasteiger partial charge in [0.05, 0.1) is 0 Å². The van der Waals surface area contributed by atoms with Crippen LogP contribution in [0.1, 0.15) is 45.2 Å². The predicted octanol–water partition coefficient (Wildman–Crippen LogP) is 3.45. The van der Waals surface area contributed by atoms with Gasteiger partial charge < -0.3 is 5.73 Å². The predicted molar refractivity (Wildman–Crippen MR) is 73.8 cm³/mol. The number of nitrogens with two attached hydrogens (primary N) is 1. The van der Waals surface area contributed by atoms with E-state index in [2.05, 4.69) is 43.9 Å². The smallest absolute Gasteiger partial charge is 0.0323 e. The van der Waals surface area contributed by atoms with Crippen LogP contribution < -0.4 is 5.73 Å². The maximum Gasteiger partial charge on any atom is 0.0323 e. The maximum absolute atomic E-state index is 5.87. The van der Waals surface area contributed by atoms with Gasteiger partial charge in [-0.15, -0.1) is 0 Å². The molecule has 0 saturated carbocycles. The number of anilines is 1. The molecule has 1 fully saturated rings. The topological polar surface area (TPSA) is 29.3 Å². The molecule has 0 aromatic heterocycles. The fourth-order valence-electron chi connectivity index (χ4n) is 3.02. The Kier molecular flexibility index (Phi) is 3.72. The SMILES string of the molecule is CC(C)C1CCCN1C(C)c1cccc(N)c1. The summed E-state index contributed by atoms with van der Waals surface area (Å²) in [7, 11) is 0. The summed E-state index contributed by atoms with van der Waals surface area (Å²) in [5.41, 5.74) is 8.09. The summed E-state index contributed by atoms with van der Waals surface area (Å²) in [6, 6.07) is 9.53. The molecule has 1 aliphatic rings. The summed E-state index contributed by atoms with van der Waals surface area (Å²) in [6.07, 6.45) is 2.67. The first kappa shape index (κ1) is 12.4. The van der Waals surface area contributed by atoms with Gasteiger partial charge in [-0.2, -0.15) is 0 Å². The normalized spacial score (nSPS) is 23.2. The van der Waals surface area contributed by atoms with E-state index < -0.39 is 0 Å². The number of benzene rings is 1. The molecule has 0 bridgehead atoms. The third kappa shape index (κ3) is 2.63. The molecule has 1 aromatic rings. The molecule has 0 aliphatic carbocycles. The Labute approximate surface area is 105 Å². The third-order valence-corrected chi connectivity index (χ3v) is 4.00. The lowest BCUT2D eigenvalue weighted by Gasteiger charge is -2.33. The summed E-state index contributed by atoms with van der Waals surface area (Å²) in [6.45, 7) is 8.18. The molecule has 2 N–H and O–H groups in total. The molecule has 2 nitrogen and oxygen atoms in total. The van der Waals surface area contributed by atoms with E-state index in [0.717, 1.165) is 17.6 Å². The van der Waals surface area contributed by atoms with Crippen molar-refractivity contribution in [2.45, 2.75) is 45.7 Å². The van der Waals surface area contributed by atoms with Crippen molar-refractivity contribution in [2.24, 2.45) is 5.92 Å². The minimum absolute atomic E-state index is 0.480. The standard InChI is InChI=1S/C15H24N2/c1-11(2)15-8-5-9-17(15)12(3)13-6-4-7-14(16)10-13/h4,6-7,10-12,15H,5,8-9,16H2,1-3H3. The van der Waals surface area contributed by atoms with Gasteiger partial charge in [0.25, 0.3) is 0 Å². The van der Waals surface area contributed by atoms with Crippen molar-refractivity contribution in [3.8, 4) is 0 Å². The van der Waals surface area contributed by atoms with Gasteiger partial charge in [0.2, 0.25) is 0 Å². The van der Waals surface area contributed by atoms with Crippen LogP contribution in [0.25, 0.3) is 0 Å². The van der Waals surface area contributed by atoms with Gasteiger partial charge >= 0.3 is 0 Å². The lowest BCUT2D eigenvalue weighted by atomic mass is 9.99. The second-order valence-corrected chi connectivity index (χ2v) is 5.54. The first-order valence-electron chi connectivity index (χ1n) is 6.70. The zero-order chi connectivity index (χ0) is 12.4. The van der Waals surface area contributed by atoms with Crippen molar-refractivity contribution in [1.29, 1.82) is 0 Å². The van der Waals surface area contributed by atoms with Gasteiger partial charge in [-0.25, -0.2) is 0 Å². The van der Waals surface area contributed by atoms with Crippen molar-refractivity contribution < 1.29 is 0 Å². The second kappa shape index (κ2) is 5.09. The number of hydrogen-bond donors (Lipinski definition) is 1. The molecule has 17 heavy (non-hydrogen) atoms. The number of rotatable bonds is 3. The van der Waals surface area contributed by atoms with Gasteiger partial charge in [-0.1, -0.05) is 26.0 Å². The van der Waals surface area contributed by atoms with E-state index in [1.165, 1.54) is 24.9 Å². The quantitative estimate of drug-likeness (QED) is 0.809. The fourth-order valence-corrected chi connectivity index (χ4v) is 3.02. The summed E-state index contributed by atoms with van der Waals surface area (Å²) in [4.78, 5) is 2.64. The van der Waals surface area contributed by atoms with E-state index in [1.54, 1.807) is 0 Å². The van der Waals surface area contributed by atoms with Crippen molar-refractivity contribution in [1.82, 2.24) is 4.90 Å². The van der Waals surface area contributed by atoms with Crippen molar-refractivity contribution in [3.63, 3.8) is 0 Å². The van der Waals surface area contributed by atoms with Crippen LogP contribution in [0.2, 0.25) is 0 Å². The van der Waals surface area contributed by atoms with Crippen LogP contribution in [0.15, 0.2) is 24.3 Å². The molecule has 2 heteroatoms. The molecule has 1 heterocycles. The van der Waals surface area contributed by atoms with Gasteiger partial charge in [0, 0.05) is 17.8 Å². The first-order chi connectivity index (χ1) is 8.09. The largest absolute Gasteiger partial charge is 0.399 e. The summed E-state index contributed by atoms with van der Waals surface area (Å²) < 4.78 is 0. The molecule has 0 spiro atoms. The number of hydrogen-bond acceptors (Lipinski definition) is 2. The monoisotopic (exact) mass is 232 g/mol. The lowest BCUT2D eigenvalue weighted by molar-refractivity contribution is 0.156. The van der Waals surface area contributed by atoms with Gasteiger partial charge in [0.1, 0.15) is 0 Å². The first-order valence-corrected chi connectivity index (χ1v) is 6.70. The molecule has 1 saturated heterocycles. The van der Waals surface area contributed by atoms with Gasteiger partial charge in [-0.3, -0.25) is 4.90 Å². The zero-order valence-corrected chi connectivity index (χ0v) is 11.2. The minimum atomic E-state index is 0.480. The lowest BCUT2D eigenvalue weighted by Crippen LogP contribution is -2.35. The molecule has 0 amide bonds. The highest BCUT2D eigenvalue weighted by Gasteiger charge is 2.30. The van der Waals surface area contributed by atoms with E-state index in [4.69, 9.17) is 5.73 Å². The molecular weight excluding hydrogens is 208 g/mol. The molecule has 1 aromatic carbocycles. The average Bonchev–Trinajstić information content (AvgIpc) is 2.77. The minimum Gasteiger partial charge on any atom is -0.399 e. The van der Waals surface area contributed by atoms with Crippen LogP contribution >= 0.6 is 0 Å². The number of nitrogens with zero attached hydrogens (tertiary/aromatic N) is 1. The van der Waals surface area contributed by atoms with Crippen LogP contribution in [0.3, 0.4) is 0 Å². The summed E-state index contributed by atoms with van der Waals surface area (Å²) >= 11 is 0. The van der Waals surface area contributed by atoms with Crippen molar-refractivity contribution >= 4 is 5.69 Å². The molecule has 0 radical (unpaired) electrons. The van der Waals surface area contributed by atoms with E-state index >= 15 is 0 Å². The third-order valence-electron chi connectivity index (χ3n) is 4.00. The molecule has 2 unspecified atom stereocenters. The zero-order valence-electron chi connectivity index (χ0n) is 11.2. The Balaban J connectivity index is 2.16. The maximum atomic E-state index is 5.87. The molecule has 1 aliphatic heterocycles. The summed E-state index contributed by atoms with van der Waals surface area (Å²) in [5.74, 6) is 0.737. The molecule has 94 valence electrons. The Hall–Kier alpha value is -1.02. The Morgan fingerprint density at radius 3 is 2.71 bits per heavy atom. The van der Waals surface area contributed by atoms with Crippen LogP contribution in [0.4, 0.5) is 5.69 Å². The summed E-state index contributed by atoms with van der Waals surface area (Å²) in [5, 5.41) is 0. The van der Waals surface area contributed by atoms with Gasteiger partial charge in [-0.05, 0) is 49.9 Å². The van der Waals surface area contributed by atoms with Crippen molar-refractivity contribution in [3.05, 3.63) is 29.8 Å². The van der Waals surface area contributed by atoms with Crippen LogP contribution in [-0.4, -0.2) is 17.5 Å². The number of nitrogen functional groups attached to an aromatic ring is 1. The van der Waals surface area contributed by atoms with Gasteiger partial charge in [0.15, 0.2) is 0 Å². The van der Waals surface area contributed by atoms with Crippen molar-refractivity contribution in [2.75, 3.05) is 12.3 Å². The molecular formula is C15H24N2. The Bertz CT molecular complexity index is 373. The van der Waals surface area contributed by atoms with E-state index in [0.29, 0.717) is 6.04 Å². The highest BCUT2D eigenvalue weighted by molar-refractivity contribution is 5.41. The van der Waals surface area contributed by atoms with E-state index in [1.807, 2.05) is 6.07 Å². The Morgan fingerprint density at radius 1 is 1.29 bits per heavy atom. The number of likely N-dealkylation sites (tertiary alicyclic amines) is 1. The molecule has 2 rings (SSSR count). The van der Waals surface area contributed by atoms with Crippen LogP contribution in [-0.2, 0) is 0 Å². The highest BCUT2D eigenvalue weighted by Crippen LogP contribution is 2.32. The van der Waals surface area contributed by atoms with E-state index in [-0.39, 0.29) is 0 Å². The average molecular weight is 232 g/mol. The fraction of sp³-hybridized carbons (Fsp3) is 0.600. The highest BCUT2D eigenvalue weighted by atomic mass is 15.2. The van der Waals surface area contributed by atoms with Crippen LogP contribution in [0, 0.1) is 5.92 Å². The molecule has 2 atom stereocenters. The van der Waals surface area contributed by atoms with Crippen LogP contribution in [0.5, 0.6) is 0 Å².